The molecule has 2 N–H and O–H groups in total. The lowest BCUT2D eigenvalue weighted by atomic mass is 9.83. The SMILES string of the molecule is Oc1cccc2c1CCC(Cn1cc(C(C3=CNC=CC=C3)c3ccccc3)cn1)C2. The Morgan fingerprint density at radius 3 is 2.87 bits per heavy atom. The van der Waals surface area contributed by atoms with Gasteiger partial charge in [0, 0.05) is 36.6 Å². The van der Waals surface area contributed by atoms with E-state index in [0.717, 1.165) is 31.4 Å². The van der Waals surface area contributed by atoms with Crippen molar-refractivity contribution in [2.75, 3.05) is 0 Å². The third kappa shape index (κ3) is 4.19. The number of hydrogen-bond donors (Lipinski definition) is 2. The van der Waals surface area contributed by atoms with Gasteiger partial charge in [0.15, 0.2) is 0 Å². The Morgan fingerprint density at radius 1 is 1.06 bits per heavy atom. The Kier molecular flexibility index (Phi) is 5.44. The number of allylic oxidation sites excluding steroid dienone is 4. The predicted molar refractivity (Wildman–Crippen MR) is 124 cm³/mol. The smallest absolute Gasteiger partial charge is 0.119 e. The van der Waals surface area contributed by atoms with E-state index >= 15 is 0 Å². The van der Waals surface area contributed by atoms with Crippen molar-refractivity contribution in [1.82, 2.24) is 15.1 Å². The summed E-state index contributed by atoms with van der Waals surface area (Å²) < 4.78 is 2.09. The zero-order chi connectivity index (χ0) is 21.0. The quantitative estimate of drug-likeness (QED) is 0.618. The normalized spacial score (nSPS) is 18.6. The second kappa shape index (κ2) is 8.68. The van der Waals surface area contributed by atoms with Crippen molar-refractivity contribution in [3.63, 3.8) is 0 Å². The Hall–Kier alpha value is -3.53. The first-order chi connectivity index (χ1) is 15.3. The number of aromatic nitrogens is 2. The molecule has 0 spiro atoms. The summed E-state index contributed by atoms with van der Waals surface area (Å²) in [4.78, 5) is 0. The highest BCUT2D eigenvalue weighted by Crippen LogP contribution is 2.34. The third-order valence-corrected chi connectivity index (χ3v) is 6.30. The number of nitrogens with zero attached hydrogens (tertiary/aromatic N) is 2. The largest absolute Gasteiger partial charge is 0.508 e. The fourth-order valence-electron chi connectivity index (χ4n) is 4.78. The predicted octanol–water partition coefficient (Wildman–Crippen LogP) is 5.08. The number of hydrogen-bond acceptors (Lipinski definition) is 3. The van der Waals surface area contributed by atoms with Crippen molar-refractivity contribution >= 4 is 0 Å². The summed E-state index contributed by atoms with van der Waals surface area (Å²) in [6.45, 7) is 0.894. The van der Waals surface area contributed by atoms with E-state index in [2.05, 4.69) is 70.9 Å². The molecule has 2 heterocycles. The standard InChI is InChI=1S/C27H27N3O/c31-26-11-6-10-22-15-20(12-13-25(22)26)18-30-19-24(17-29-30)27(21-7-2-1-3-8-21)23-9-4-5-14-28-16-23/h1-11,14,16-17,19-20,27-28,31H,12-13,15,18H2. The van der Waals surface area contributed by atoms with Crippen LogP contribution in [0.2, 0.25) is 0 Å². The average molecular weight is 410 g/mol. The molecule has 0 bridgehead atoms. The summed E-state index contributed by atoms with van der Waals surface area (Å²) in [6, 6.07) is 16.5. The minimum absolute atomic E-state index is 0.127. The van der Waals surface area contributed by atoms with Crippen LogP contribution in [0.15, 0.2) is 97.1 Å². The van der Waals surface area contributed by atoms with Crippen LogP contribution in [0.25, 0.3) is 0 Å². The molecule has 2 unspecified atom stereocenters. The zero-order valence-electron chi connectivity index (χ0n) is 17.5. The van der Waals surface area contributed by atoms with E-state index in [-0.39, 0.29) is 5.92 Å². The van der Waals surface area contributed by atoms with Crippen LogP contribution in [-0.2, 0) is 19.4 Å². The van der Waals surface area contributed by atoms with E-state index in [0.29, 0.717) is 11.7 Å². The number of phenolic OH excluding ortho intramolecular Hbond substituents is 1. The molecule has 0 saturated heterocycles. The van der Waals surface area contributed by atoms with Crippen LogP contribution in [-0.4, -0.2) is 14.9 Å². The number of benzene rings is 2. The van der Waals surface area contributed by atoms with E-state index in [1.165, 1.54) is 22.3 Å². The molecule has 2 aromatic carbocycles. The van der Waals surface area contributed by atoms with Gasteiger partial charge in [-0.15, -0.1) is 0 Å². The molecule has 3 aromatic rings. The van der Waals surface area contributed by atoms with Gasteiger partial charge in [-0.1, -0.05) is 54.6 Å². The maximum atomic E-state index is 10.1. The van der Waals surface area contributed by atoms with E-state index in [9.17, 15) is 5.11 Å². The molecule has 0 amide bonds. The topological polar surface area (TPSA) is 50.1 Å². The Morgan fingerprint density at radius 2 is 1.97 bits per heavy atom. The molecule has 156 valence electrons. The minimum atomic E-state index is 0.127. The molecule has 2 aliphatic rings. The maximum absolute atomic E-state index is 10.1. The van der Waals surface area contributed by atoms with Crippen LogP contribution in [0.1, 0.15) is 34.6 Å². The zero-order valence-corrected chi connectivity index (χ0v) is 17.5. The van der Waals surface area contributed by atoms with Gasteiger partial charge in [0.1, 0.15) is 5.75 Å². The monoisotopic (exact) mass is 409 g/mol. The Balaban J connectivity index is 1.38. The summed E-state index contributed by atoms with van der Waals surface area (Å²) in [5.41, 5.74) is 6.05. The fourth-order valence-corrected chi connectivity index (χ4v) is 4.78. The molecule has 4 nitrogen and oxygen atoms in total. The van der Waals surface area contributed by atoms with Crippen LogP contribution in [0, 0.1) is 5.92 Å². The number of fused-ring (bicyclic) bond motifs is 1. The second-order valence-electron chi connectivity index (χ2n) is 8.39. The molecule has 31 heavy (non-hydrogen) atoms. The number of nitrogens with one attached hydrogen (secondary N) is 1. The molecule has 1 aliphatic heterocycles. The number of aromatic hydroxyl groups is 1. The van der Waals surface area contributed by atoms with E-state index < -0.39 is 0 Å². The van der Waals surface area contributed by atoms with Gasteiger partial charge >= 0.3 is 0 Å². The highest BCUT2D eigenvalue weighted by atomic mass is 16.3. The van der Waals surface area contributed by atoms with Gasteiger partial charge in [-0.2, -0.15) is 5.10 Å². The van der Waals surface area contributed by atoms with E-state index in [1.807, 2.05) is 24.5 Å². The van der Waals surface area contributed by atoms with Crippen molar-refractivity contribution in [2.24, 2.45) is 5.92 Å². The lowest BCUT2D eigenvalue weighted by molar-refractivity contribution is 0.368. The lowest BCUT2D eigenvalue weighted by Gasteiger charge is -2.25. The highest BCUT2D eigenvalue weighted by molar-refractivity contribution is 5.45. The second-order valence-corrected chi connectivity index (χ2v) is 8.39. The molecule has 4 heteroatoms. The summed E-state index contributed by atoms with van der Waals surface area (Å²) in [5, 5.41) is 18.1. The first-order valence-electron chi connectivity index (χ1n) is 10.9. The molecular weight excluding hydrogens is 382 g/mol. The Bertz CT molecular complexity index is 1140. The summed E-state index contributed by atoms with van der Waals surface area (Å²) in [7, 11) is 0. The summed E-state index contributed by atoms with van der Waals surface area (Å²) >= 11 is 0. The highest BCUT2D eigenvalue weighted by Gasteiger charge is 2.23. The summed E-state index contributed by atoms with van der Waals surface area (Å²) in [5.74, 6) is 1.10. The van der Waals surface area contributed by atoms with Gasteiger partial charge in [0.25, 0.3) is 0 Å². The molecule has 0 radical (unpaired) electrons. The molecule has 5 rings (SSSR count). The molecule has 1 aliphatic carbocycles. The van der Waals surface area contributed by atoms with E-state index in [4.69, 9.17) is 5.10 Å². The first kappa shape index (κ1) is 19.4. The number of phenols is 1. The van der Waals surface area contributed by atoms with Gasteiger partial charge in [-0.05, 0) is 59.6 Å². The number of rotatable bonds is 5. The van der Waals surface area contributed by atoms with Crippen molar-refractivity contribution < 1.29 is 5.11 Å². The van der Waals surface area contributed by atoms with Crippen LogP contribution in [0.5, 0.6) is 5.75 Å². The van der Waals surface area contributed by atoms with Gasteiger partial charge in [0.05, 0.1) is 6.20 Å². The minimum Gasteiger partial charge on any atom is -0.508 e. The molecule has 1 aromatic heterocycles. The van der Waals surface area contributed by atoms with Crippen LogP contribution < -0.4 is 5.32 Å². The van der Waals surface area contributed by atoms with Crippen molar-refractivity contribution in [1.29, 1.82) is 0 Å². The van der Waals surface area contributed by atoms with Gasteiger partial charge in [-0.3, -0.25) is 4.68 Å². The average Bonchev–Trinajstić information content (AvgIpc) is 3.07. The molecular formula is C27H27N3O. The van der Waals surface area contributed by atoms with E-state index in [1.54, 1.807) is 6.07 Å². The van der Waals surface area contributed by atoms with Crippen molar-refractivity contribution in [3.05, 3.63) is 119 Å². The lowest BCUT2D eigenvalue weighted by Crippen LogP contribution is -2.19. The van der Waals surface area contributed by atoms with Gasteiger partial charge < -0.3 is 10.4 Å². The van der Waals surface area contributed by atoms with Crippen LogP contribution >= 0.6 is 0 Å². The maximum Gasteiger partial charge on any atom is 0.119 e. The molecule has 2 atom stereocenters. The van der Waals surface area contributed by atoms with Gasteiger partial charge in [-0.25, -0.2) is 0 Å². The molecule has 0 saturated carbocycles. The van der Waals surface area contributed by atoms with Crippen molar-refractivity contribution in [2.45, 2.75) is 31.7 Å². The molecule has 0 fully saturated rings. The van der Waals surface area contributed by atoms with Gasteiger partial charge in [0.2, 0.25) is 0 Å². The Labute approximate surface area is 183 Å². The third-order valence-electron chi connectivity index (χ3n) is 6.30. The van der Waals surface area contributed by atoms with Crippen LogP contribution in [0.3, 0.4) is 0 Å². The fraction of sp³-hybridized carbons (Fsp3) is 0.222. The van der Waals surface area contributed by atoms with Crippen LogP contribution in [0.4, 0.5) is 0 Å². The van der Waals surface area contributed by atoms with Crippen molar-refractivity contribution in [3.8, 4) is 5.75 Å². The summed E-state index contributed by atoms with van der Waals surface area (Å²) in [6.07, 6.45) is 17.5. The first-order valence-corrected chi connectivity index (χ1v) is 10.9.